The van der Waals surface area contributed by atoms with Crippen molar-refractivity contribution in [3.8, 4) is 0 Å². The van der Waals surface area contributed by atoms with Crippen LogP contribution in [-0.2, 0) is 16.4 Å². The molecule has 0 spiro atoms. The molecule has 1 N–H and O–H groups in total. The van der Waals surface area contributed by atoms with Crippen molar-refractivity contribution in [3.63, 3.8) is 0 Å². The zero-order valence-corrected chi connectivity index (χ0v) is 11.7. The number of benzene rings is 1. The van der Waals surface area contributed by atoms with Crippen LogP contribution in [0, 0.1) is 0 Å². The molecule has 5 nitrogen and oxygen atoms in total. The first-order valence-corrected chi connectivity index (χ1v) is 8.20. The summed E-state index contributed by atoms with van der Waals surface area (Å²) in [6, 6.07) is 5.26. The van der Waals surface area contributed by atoms with Crippen LogP contribution in [0.5, 0.6) is 0 Å². The first-order valence-electron chi connectivity index (χ1n) is 6.01. The molecular weight excluding hydrogens is 288 g/mol. The standard InChI is InChI=1S/C12H13ClN2O3S/c13-8-1-2-10-11(5-8)18-12(15-10)6-14-9-3-4-19(16,17)7-9/h1-2,5,9,14H,3-4,6-7H2. The van der Waals surface area contributed by atoms with E-state index in [0.29, 0.717) is 29.5 Å². The van der Waals surface area contributed by atoms with Gasteiger partial charge in [0.25, 0.3) is 0 Å². The van der Waals surface area contributed by atoms with Gasteiger partial charge in [-0.05, 0) is 18.6 Å². The van der Waals surface area contributed by atoms with Crippen LogP contribution in [0.15, 0.2) is 22.6 Å². The molecule has 1 aliphatic heterocycles. The largest absolute Gasteiger partial charge is 0.439 e. The van der Waals surface area contributed by atoms with Gasteiger partial charge in [-0.25, -0.2) is 13.4 Å². The monoisotopic (exact) mass is 300 g/mol. The molecule has 7 heteroatoms. The van der Waals surface area contributed by atoms with Gasteiger partial charge in [0.15, 0.2) is 15.4 Å². The topological polar surface area (TPSA) is 72.2 Å². The van der Waals surface area contributed by atoms with Gasteiger partial charge >= 0.3 is 0 Å². The maximum Gasteiger partial charge on any atom is 0.209 e. The maximum atomic E-state index is 11.3. The average molecular weight is 301 g/mol. The van der Waals surface area contributed by atoms with Crippen molar-refractivity contribution >= 4 is 32.5 Å². The highest BCUT2D eigenvalue weighted by atomic mass is 35.5. The summed E-state index contributed by atoms with van der Waals surface area (Å²) in [5.41, 5.74) is 1.39. The average Bonchev–Trinajstić information content (AvgIpc) is 2.89. The lowest BCUT2D eigenvalue weighted by Crippen LogP contribution is -2.29. The van der Waals surface area contributed by atoms with Crippen LogP contribution in [0.25, 0.3) is 11.1 Å². The zero-order valence-electron chi connectivity index (χ0n) is 10.1. The Morgan fingerprint density at radius 2 is 2.32 bits per heavy atom. The molecule has 1 saturated heterocycles. The van der Waals surface area contributed by atoms with E-state index < -0.39 is 9.84 Å². The molecule has 0 bridgehead atoms. The Morgan fingerprint density at radius 1 is 1.47 bits per heavy atom. The fourth-order valence-corrected chi connectivity index (χ4v) is 4.08. The van der Waals surface area contributed by atoms with Crippen molar-refractivity contribution in [2.24, 2.45) is 0 Å². The third-order valence-electron chi connectivity index (χ3n) is 3.17. The van der Waals surface area contributed by atoms with Crippen LogP contribution in [0.2, 0.25) is 5.02 Å². The molecule has 0 radical (unpaired) electrons. The summed E-state index contributed by atoms with van der Waals surface area (Å²) in [4.78, 5) is 4.31. The molecule has 19 heavy (non-hydrogen) atoms. The Morgan fingerprint density at radius 3 is 3.05 bits per heavy atom. The number of nitrogens with zero attached hydrogens (tertiary/aromatic N) is 1. The van der Waals surface area contributed by atoms with Crippen LogP contribution in [-0.4, -0.2) is 30.9 Å². The summed E-state index contributed by atoms with van der Waals surface area (Å²) in [6.07, 6.45) is 0.647. The molecule has 1 atom stereocenters. The normalized spacial score (nSPS) is 22.1. The number of halogens is 1. The van der Waals surface area contributed by atoms with Gasteiger partial charge in [-0.15, -0.1) is 0 Å². The maximum absolute atomic E-state index is 11.3. The number of oxazole rings is 1. The second kappa shape index (κ2) is 4.77. The van der Waals surface area contributed by atoms with Gasteiger partial charge in [-0.3, -0.25) is 0 Å². The van der Waals surface area contributed by atoms with Gasteiger partial charge in [0.1, 0.15) is 5.52 Å². The van der Waals surface area contributed by atoms with E-state index in [4.69, 9.17) is 16.0 Å². The van der Waals surface area contributed by atoms with Gasteiger partial charge in [-0.2, -0.15) is 0 Å². The molecule has 102 valence electrons. The van der Waals surface area contributed by atoms with E-state index in [0.717, 1.165) is 5.52 Å². The molecular formula is C12H13ClN2O3S. The number of hydrogen-bond acceptors (Lipinski definition) is 5. The number of sulfone groups is 1. The molecule has 2 aromatic rings. The molecule has 3 rings (SSSR count). The summed E-state index contributed by atoms with van der Waals surface area (Å²) in [5.74, 6) is 0.994. The fourth-order valence-electron chi connectivity index (χ4n) is 2.21. The minimum absolute atomic E-state index is 0.0106. The number of aromatic nitrogens is 1. The van der Waals surface area contributed by atoms with Crippen molar-refractivity contribution in [2.75, 3.05) is 11.5 Å². The molecule has 1 unspecified atom stereocenters. The van der Waals surface area contributed by atoms with E-state index in [9.17, 15) is 8.42 Å². The van der Waals surface area contributed by atoms with E-state index >= 15 is 0 Å². The van der Waals surface area contributed by atoms with Crippen molar-refractivity contribution in [1.29, 1.82) is 0 Å². The summed E-state index contributed by atoms with van der Waals surface area (Å²) >= 11 is 5.87. The zero-order chi connectivity index (χ0) is 13.5. The highest BCUT2D eigenvalue weighted by Crippen LogP contribution is 2.20. The Balaban J connectivity index is 1.69. The third kappa shape index (κ3) is 2.91. The first kappa shape index (κ1) is 12.9. The van der Waals surface area contributed by atoms with Gasteiger partial charge in [-0.1, -0.05) is 11.6 Å². The summed E-state index contributed by atoms with van der Waals surface area (Å²) in [7, 11) is -2.86. The Hall–Kier alpha value is -1.11. The molecule has 1 fully saturated rings. The molecule has 1 aromatic heterocycles. The number of hydrogen-bond donors (Lipinski definition) is 1. The third-order valence-corrected chi connectivity index (χ3v) is 5.17. The lowest BCUT2D eigenvalue weighted by Gasteiger charge is -2.07. The predicted molar refractivity (Wildman–Crippen MR) is 72.9 cm³/mol. The van der Waals surface area contributed by atoms with E-state index in [1.807, 2.05) is 0 Å². The van der Waals surface area contributed by atoms with Crippen molar-refractivity contribution in [2.45, 2.75) is 19.0 Å². The molecule has 0 aliphatic carbocycles. The fraction of sp³-hybridized carbons (Fsp3) is 0.417. The summed E-state index contributed by atoms with van der Waals surface area (Å²) < 4.78 is 28.2. The van der Waals surface area contributed by atoms with Crippen molar-refractivity contribution in [1.82, 2.24) is 10.3 Å². The second-order valence-electron chi connectivity index (χ2n) is 4.70. The van der Waals surface area contributed by atoms with Crippen LogP contribution in [0.4, 0.5) is 0 Å². The Kier molecular flexibility index (Phi) is 3.24. The van der Waals surface area contributed by atoms with Gasteiger partial charge in [0.2, 0.25) is 5.89 Å². The molecule has 1 aromatic carbocycles. The van der Waals surface area contributed by atoms with E-state index in [-0.39, 0.29) is 17.5 Å². The van der Waals surface area contributed by atoms with Gasteiger partial charge < -0.3 is 9.73 Å². The Bertz CT molecular complexity index is 711. The summed E-state index contributed by atoms with van der Waals surface area (Å²) in [6.45, 7) is 0.423. The lowest BCUT2D eigenvalue weighted by molar-refractivity contribution is 0.463. The number of rotatable bonds is 3. The van der Waals surface area contributed by atoms with Crippen LogP contribution in [0.1, 0.15) is 12.3 Å². The van der Waals surface area contributed by atoms with Crippen LogP contribution in [0.3, 0.4) is 0 Å². The second-order valence-corrected chi connectivity index (χ2v) is 7.37. The van der Waals surface area contributed by atoms with Crippen molar-refractivity contribution < 1.29 is 12.8 Å². The highest BCUT2D eigenvalue weighted by molar-refractivity contribution is 7.91. The minimum atomic E-state index is -2.86. The first-order chi connectivity index (χ1) is 9.02. The number of fused-ring (bicyclic) bond motifs is 1. The SMILES string of the molecule is O=S1(=O)CCC(NCc2nc3ccc(Cl)cc3o2)C1. The van der Waals surface area contributed by atoms with Crippen molar-refractivity contribution in [3.05, 3.63) is 29.1 Å². The van der Waals surface area contributed by atoms with Crippen LogP contribution >= 0.6 is 11.6 Å². The molecule has 1 aliphatic rings. The smallest absolute Gasteiger partial charge is 0.209 e. The predicted octanol–water partition coefficient (Wildman–Crippen LogP) is 1.76. The quantitative estimate of drug-likeness (QED) is 0.935. The highest BCUT2D eigenvalue weighted by Gasteiger charge is 2.27. The van der Waals surface area contributed by atoms with Gasteiger partial charge in [0.05, 0.1) is 18.1 Å². The van der Waals surface area contributed by atoms with E-state index in [2.05, 4.69) is 10.3 Å². The van der Waals surface area contributed by atoms with E-state index in [1.165, 1.54) is 0 Å². The summed E-state index contributed by atoms with van der Waals surface area (Å²) in [5, 5.41) is 3.76. The van der Waals surface area contributed by atoms with E-state index in [1.54, 1.807) is 18.2 Å². The van der Waals surface area contributed by atoms with Crippen LogP contribution < -0.4 is 5.32 Å². The van der Waals surface area contributed by atoms with Gasteiger partial charge in [0, 0.05) is 17.1 Å². The Labute approximate surface area is 115 Å². The minimum Gasteiger partial charge on any atom is -0.439 e. The molecule has 0 saturated carbocycles. The molecule has 0 amide bonds. The molecule has 2 heterocycles. The lowest BCUT2D eigenvalue weighted by atomic mass is 10.3. The number of nitrogens with one attached hydrogen (secondary N) is 1.